The average molecular weight is 369 g/mol. The number of para-hydroxylation sites is 1. The van der Waals surface area contributed by atoms with E-state index in [1.54, 1.807) is 18.2 Å². The molecule has 0 saturated carbocycles. The van der Waals surface area contributed by atoms with Gasteiger partial charge in [-0.25, -0.2) is 8.78 Å². The summed E-state index contributed by atoms with van der Waals surface area (Å²) in [5.41, 5.74) is 6.83. The Labute approximate surface area is 153 Å². The molecule has 1 fully saturated rings. The Hall–Kier alpha value is -1.69. The third kappa shape index (κ3) is 4.69. The van der Waals surface area contributed by atoms with Crippen molar-refractivity contribution in [1.82, 2.24) is 4.90 Å². The van der Waals surface area contributed by atoms with Gasteiger partial charge < -0.3 is 10.5 Å². The highest BCUT2D eigenvalue weighted by Gasteiger charge is 2.32. The summed E-state index contributed by atoms with van der Waals surface area (Å²) in [5.74, 6) is -0.963. The van der Waals surface area contributed by atoms with Crippen molar-refractivity contribution in [3.05, 3.63) is 59.7 Å². The van der Waals surface area contributed by atoms with E-state index in [9.17, 15) is 8.78 Å². The highest BCUT2D eigenvalue weighted by molar-refractivity contribution is 5.85. The maximum absolute atomic E-state index is 14.3. The summed E-state index contributed by atoms with van der Waals surface area (Å²) in [7, 11) is 0. The minimum atomic E-state index is -0.515. The first-order chi connectivity index (χ1) is 11.5. The zero-order valence-corrected chi connectivity index (χ0v) is 15.0. The van der Waals surface area contributed by atoms with Gasteiger partial charge in [0.25, 0.3) is 0 Å². The van der Waals surface area contributed by atoms with Gasteiger partial charge in [0.15, 0.2) is 23.1 Å². The molecule has 1 aliphatic heterocycles. The number of nitrogens with zero attached hydrogens (tertiary/aromatic N) is 1. The molecule has 0 aromatic heterocycles. The molecule has 136 valence electrons. The minimum Gasteiger partial charge on any atom is -0.451 e. The molecule has 2 aromatic carbocycles. The first-order valence-electron chi connectivity index (χ1n) is 8.12. The van der Waals surface area contributed by atoms with E-state index in [4.69, 9.17) is 10.5 Å². The van der Waals surface area contributed by atoms with E-state index >= 15 is 0 Å². The van der Waals surface area contributed by atoms with E-state index in [0.717, 1.165) is 25.1 Å². The Morgan fingerprint density at radius 2 is 1.84 bits per heavy atom. The molecule has 1 unspecified atom stereocenters. The lowest BCUT2D eigenvalue weighted by atomic mass is 9.90. The second kappa shape index (κ2) is 8.13. The molecule has 2 aromatic rings. The van der Waals surface area contributed by atoms with Gasteiger partial charge >= 0.3 is 0 Å². The molecule has 25 heavy (non-hydrogen) atoms. The van der Waals surface area contributed by atoms with Gasteiger partial charge in [-0.2, -0.15) is 0 Å². The second-order valence-electron chi connectivity index (χ2n) is 6.77. The fourth-order valence-electron chi connectivity index (χ4n) is 3.06. The maximum atomic E-state index is 14.3. The fourth-order valence-corrected chi connectivity index (χ4v) is 3.06. The van der Waals surface area contributed by atoms with E-state index in [0.29, 0.717) is 13.1 Å². The second-order valence-corrected chi connectivity index (χ2v) is 6.77. The van der Waals surface area contributed by atoms with Crippen molar-refractivity contribution in [3.8, 4) is 11.5 Å². The van der Waals surface area contributed by atoms with Gasteiger partial charge in [-0.05, 0) is 54.8 Å². The number of hydrogen-bond acceptors (Lipinski definition) is 3. The van der Waals surface area contributed by atoms with Crippen molar-refractivity contribution in [3.63, 3.8) is 0 Å². The van der Waals surface area contributed by atoms with Crippen LogP contribution in [0.5, 0.6) is 11.5 Å². The SMILES string of the molecule is CC1(CN)CCN(Cc2ccc(Oc3ccccc3F)c(F)c2)C1.Cl. The van der Waals surface area contributed by atoms with Crippen LogP contribution in [0.25, 0.3) is 0 Å². The Kier molecular flexibility index (Phi) is 6.38. The molecule has 3 nitrogen and oxygen atoms in total. The number of halogens is 3. The van der Waals surface area contributed by atoms with E-state index in [1.165, 1.54) is 18.2 Å². The van der Waals surface area contributed by atoms with Crippen LogP contribution in [-0.4, -0.2) is 24.5 Å². The summed E-state index contributed by atoms with van der Waals surface area (Å²) in [5, 5.41) is 0. The number of rotatable bonds is 5. The van der Waals surface area contributed by atoms with Crippen LogP contribution in [0.3, 0.4) is 0 Å². The van der Waals surface area contributed by atoms with Crippen LogP contribution in [-0.2, 0) is 6.54 Å². The molecule has 1 aliphatic rings. The summed E-state index contributed by atoms with van der Waals surface area (Å²) in [6.07, 6.45) is 1.06. The predicted octanol–water partition coefficient (Wildman–Crippen LogP) is 4.35. The summed E-state index contributed by atoms with van der Waals surface area (Å²) >= 11 is 0. The lowest BCUT2D eigenvalue weighted by Crippen LogP contribution is -2.31. The van der Waals surface area contributed by atoms with Gasteiger partial charge in [0, 0.05) is 13.1 Å². The largest absolute Gasteiger partial charge is 0.451 e. The molecule has 1 heterocycles. The first-order valence-corrected chi connectivity index (χ1v) is 8.12. The highest BCUT2D eigenvalue weighted by atomic mass is 35.5. The number of hydrogen-bond donors (Lipinski definition) is 1. The van der Waals surface area contributed by atoms with Crippen LogP contribution in [0.2, 0.25) is 0 Å². The maximum Gasteiger partial charge on any atom is 0.166 e. The van der Waals surface area contributed by atoms with E-state index in [1.807, 2.05) is 6.07 Å². The molecule has 0 bridgehead atoms. The Morgan fingerprint density at radius 1 is 1.12 bits per heavy atom. The van der Waals surface area contributed by atoms with E-state index in [2.05, 4.69) is 11.8 Å². The summed E-state index contributed by atoms with van der Waals surface area (Å²) < 4.78 is 33.2. The van der Waals surface area contributed by atoms with Crippen molar-refractivity contribution in [2.45, 2.75) is 19.9 Å². The normalized spacial score (nSPS) is 20.3. The standard InChI is InChI=1S/C19H22F2N2O.ClH/c1-19(12-22)8-9-23(13-19)11-14-6-7-18(16(21)10-14)24-17-5-3-2-4-15(17)20;/h2-7,10H,8-9,11-13,22H2,1H3;1H. The molecule has 0 radical (unpaired) electrons. The number of ether oxygens (including phenoxy) is 1. The molecule has 1 saturated heterocycles. The lowest BCUT2D eigenvalue weighted by molar-refractivity contribution is 0.274. The van der Waals surface area contributed by atoms with Crippen LogP contribution < -0.4 is 10.5 Å². The van der Waals surface area contributed by atoms with Crippen molar-refractivity contribution >= 4 is 12.4 Å². The fraction of sp³-hybridized carbons (Fsp3) is 0.368. The van der Waals surface area contributed by atoms with Crippen LogP contribution in [0.1, 0.15) is 18.9 Å². The molecule has 0 aliphatic carbocycles. The van der Waals surface area contributed by atoms with Gasteiger partial charge in [0.2, 0.25) is 0 Å². The van der Waals surface area contributed by atoms with Crippen LogP contribution >= 0.6 is 12.4 Å². The Morgan fingerprint density at radius 3 is 2.48 bits per heavy atom. The quantitative estimate of drug-likeness (QED) is 0.852. The first kappa shape index (κ1) is 19.6. The van der Waals surface area contributed by atoms with Gasteiger partial charge in [-0.3, -0.25) is 4.90 Å². The molecular formula is C19H23ClF2N2O. The van der Waals surface area contributed by atoms with Crippen molar-refractivity contribution < 1.29 is 13.5 Å². The van der Waals surface area contributed by atoms with E-state index < -0.39 is 11.6 Å². The lowest BCUT2D eigenvalue weighted by Gasteiger charge is -2.22. The van der Waals surface area contributed by atoms with Crippen molar-refractivity contribution in [2.75, 3.05) is 19.6 Å². The Bertz CT molecular complexity index is 728. The van der Waals surface area contributed by atoms with Crippen LogP contribution in [0.4, 0.5) is 8.78 Å². The molecule has 6 heteroatoms. The minimum absolute atomic E-state index is 0. The van der Waals surface area contributed by atoms with Crippen molar-refractivity contribution in [1.29, 1.82) is 0 Å². The van der Waals surface area contributed by atoms with Crippen molar-refractivity contribution in [2.24, 2.45) is 11.1 Å². The number of likely N-dealkylation sites (tertiary alicyclic amines) is 1. The van der Waals surface area contributed by atoms with E-state index in [-0.39, 0.29) is 29.3 Å². The molecule has 0 amide bonds. The summed E-state index contributed by atoms with van der Waals surface area (Å²) in [6, 6.07) is 10.8. The summed E-state index contributed by atoms with van der Waals surface area (Å²) in [6.45, 7) is 5.39. The zero-order chi connectivity index (χ0) is 17.2. The Balaban J connectivity index is 0.00000225. The summed E-state index contributed by atoms with van der Waals surface area (Å²) in [4.78, 5) is 2.28. The third-order valence-corrected chi connectivity index (χ3v) is 4.59. The molecule has 0 spiro atoms. The topological polar surface area (TPSA) is 38.5 Å². The molecular weight excluding hydrogens is 346 g/mol. The zero-order valence-electron chi connectivity index (χ0n) is 14.2. The highest BCUT2D eigenvalue weighted by Crippen LogP contribution is 2.31. The third-order valence-electron chi connectivity index (χ3n) is 4.59. The molecule has 2 N–H and O–H groups in total. The smallest absolute Gasteiger partial charge is 0.166 e. The van der Waals surface area contributed by atoms with Gasteiger partial charge in [0.1, 0.15) is 0 Å². The molecule has 3 rings (SSSR count). The van der Waals surface area contributed by atoms with Gasteiger partial charge in [-0.1, -0.05) is 25.1 Å². The van der Waals surface area contributed by atoms with Gasteiger partial charge in [-0.15, -0.1) is 12.4 Å². The van der Waals surface area contributed by atoms with Crippen LogP contribution in [0, 0.1) is 17.0 Å². The monoisotopic (exact) mass is 368 g/mol. The van der Waals surface area contributed by atoms with Gasteiger partial charge in [0.05, 0.1) is 0 Å². The number of benzene rings is 2. The average Bonchev–Trinajstić information content (AvgIpc) is 2.94. The van der Waals surface area contributed by atoms with Crippen LogP contribution in [0.15, 0.2) is 42.5 Å². The molecule has 1 atom stereocenters. The number of nitrogens with two attached hydrogens (primary N) is 1. The predicted molar refractivity (Wildman–Crippen MR) is 97.2 cm³/mol.